The van der Waals surface area contributed by atoms with Gasteiger partial charge in [-0.25, -0.2) is 9.97 Å². The molecule has 1 aromatic carbocycles. The number of benzene rings is 1. The molecule has 0 saturated heterocycles. The number of fused-ring (bicyclic) bond motifs is 1. The zero-order chi connectivity index (χ0) is 16.2. The van der Waals surface area contributed by atoms with Gasteiger partial charge in [-0.1, -0.05) is 13.8 Å². The van der Waals surface area contributed by atoms with E-state index in [1.54, 1.807) is 0 Å². The Morgan fingerprint density at radius 2 is 1.96 bits per heavy atom. The Hall–Kier alpha value is -2.70. The van der Waals surface area contributed by atoms with Crippen molar-refractivity contribution in [3.63, 3.8) is 0 Å². The van der Waals surface area contributed by atoms with Crippen LogP contribution in [0.15, 0.2) is 24.5 Å². The molecule has 2 heterocycles. The Morgan fingerprint density at radius 1 is 1.17 bits per heavy atom. The summed E-state index contributed by atoms with van der Waals surface area (Å²) in [6.07, 6.45) is 2.54. The Labute approximate surface area is 135 Å². The first-order valence-electron chi connectivity index (χ1n) is 7.64. The largest absolute Gasteiger partial charge is 0.454 e. The highest BCUT2D eigenvalue weighted by Gasteiger charge is 2.14. The fourth-order valence-corrected chi connectivity index (χ4v) is 2.23. The lowest BCUT2D eigenvalue weighted by atomic mass is 10.1. The average molecular weight is 315 g/mol. The summed E-state index contributed by atoms with van der Waals surface area (Å²) in [5, 5.41) is 6.44. The van der Waals surface area contributed by atoms with E-state index in [2.05, 4.69) is 34.4 Å². The molecule has 0 radical (unpaired) electrons. The van der Waals surface area contributed by atoms with Crippen LogP contribution in [-0.2, 0) is 0 Å². The summed E-state index contributed by atoms with van der Waals surface area (Å²) in [5.41, 5.74) is 7.48. The first kappa shape index (κ1) is 15.2. The van der Waals surface area contributed by atoms with E-state index in [4.69, 9.17) is 15.2 Å². The summed E-state index contributed by atoms with van der Waals surface area (Å²) >= 11 is 0. The minimum Gasteiger partial charge on any atom is -0.454 e. The number of nitrogens with two attached hydrogens (primary N) is 1. The minimum absolute atomic E-state index is 0.248. The molecule has 0 bridgehead atoms. The lowest BCUT2D eigenvalue weighted by molar-refractivity contribution is 0.174. The molecular formula is C16H21N5O2. The van der Waals surface area contributed by atoms with E-state index < -0.39 is 0 Å². The molecule has 23 heavy (non-hydrogen) atoms. The fraction of sp³-hybridized carbons (Fsp3) is 0.375. The fourth-order valence-electron chi connectivity index (χ4n) is 2.23. The van der Waals surface area contributed by atoms with Crippen molar-refractivity contribution >= 4 is 23.0 Å². The van der Waals surface area contributed by atoms with Crippen LogP contribution >= 0.6 is 0 Å². The van der Waals surface area contributed by atoms with E-state index in [1.165, 1.54) is 6.33 Å². The van der Waals surface area contributed by atoms with Crippen LogP contribution < -0.4 is 25.8 Å². The van der Waals surface area contributed by atoms with E-state index in [9.17, 15) is 0 Å². The van der Waals surface area contributed by atoms with Crippen LogP contribution in [0.5, 0.6) is 11.5 Å². The molecule has 122 valence electrons. The molecule has 0 saturated carbocycles. The standard InChI is InChI=1S/C16H21N5O2/c1-10(2)5-6-18-15-14(17)16(20-8-19-15)21-11-3-4-12-13(7-11)23-9-22-12/h3-4,7-8,10H,5-6,9,17H2,1-2H3,(H2,18,19,20,21). The van der Waals surface area contributed by atoms with Crippen molar-refractivity contribution < 1.29 is 9.47 Å². The second-order valence-corrected chi connectivity index (χ2v) is 5.79. The number of anilines is 4. The zero-order valence-electron chi connectivity index (χ0n) is 13.3. The Balaban J connectivity index is 1.72. The maximum Gasteiger partial charge on any atom is 0.231 e. The molecule has 0 amide bonds. The number of aromatic nitrogens is 2. The smallest absolute Gasteiger partial charge is 0.231 e. The van der Waals surface area contributed by atoms with Gasteiger partial charge in [-0.15, -0.1) is 0 Å². The van der Waals surface area contributed by atoms with Gasteiger partial charge in [0.1, 0.15) is 12.0 Å². The maximum atomic E-state index is 6.15. The van der Waals surface area contributed by atoms with E-state index in [1.807, 2.05) is 18.2 Å². The van der Waals surface area contributed by atoms with Crippen molar-refractivity contribution in [3.05, 3.63) is 24.5 Å². The molecule has 0 spiro atoms. The van der Waals surface area contributed by atoms with E-state index in [0.717, 1.165) is 24.4 Å². The van der Waals surface area contributed by atoms with Crippen LogP contribution in [0.2, 0.25) is 0 Å². The monoisotopic (exact) mass is 315 g/mol. The second kappa shape index (κ2) is 6.60. The minimum atomic E-state index is 0.248. The summed E-state index contributed by atoms with van der Waals surface area (Å²) in [7, 11) is 0. The first-order valence-corrected chi connectivity index (χ1v) is 7.64. The number of nitrogens with zero attached hydrogens (tertiary/aromatic N) is 2. The van der Waals surface area contributed by atoms with Crippen molar-refractivity contribution in [1.82, 2.24) is 9.97 Å². The van der Waals surface area contributed by atoms with Gasteiger partial charge in [-0.2, -0.15) is 0 Å². The zero-order valence-corrected chi connectivity index (χ0v) is 13.3. The Morgan fingerprint density at radius 3 is 2.78 bits per heavy atom. The summed E-state index contributed by atoms with van der Waals surface area (Å²) in [5.74, 6) is 3.27. The molecule has 1 aromatic heterocycles. The van der Waals surface area contributed by atoms with Gasteiger partial charge in [-0.3, -0.25) is 0 Å². The van der Waals surface area contributed by atoms with Crippen molar-refractivity contribution in [1.29, 1.82) is 0 Å². The predicted octanol–water partition coefficient (Wildman–Crippen LogP) is 2.99. The summed E-state index contributed by atoms with van der Waals surface area (Å²) in [4.78, 5) is 8.41. The summed E-state index contributed by atoms with van der Waals surface area (Å²) in [6.45, 7) is 5.43. The highest BCUT2D eigenvalue weighted by Crippen LogP contribution is 2.35. The topological polar surface area (TPSA) is 94.3 Å². The second-order valence-electron chi connectivity index (χ2n) is 5.79. The summed E-state index contributed by atoms with van der Waals surface area (Å²) in [6, 6.07) is 5.60. The third-order valence-electron chi connectivity index (χ3n) is 3.53. The number of ether oxygens (including phenoxy) is 2. The number of nitrogens with one attached hydrogen (secondary N) is 2. The highest BCUT2D eigenvalue weighted by molar-refractivity contribution is 5.78. The highest BCUT2D eigenvalue weighted by atomic mass is 16.7. The Bertz CT molecular complexity index is 690. The van der Waals surface area contributed by atoms with Gasteiger partial charge < -0.3 is 25.8 Å². The molecule has 0 aliphatic carbocycles. The Kier molecular flexibility index (Phi) is 4.36. The molecule has 2 aromatic rings. The number of hydrogen-bond donors (Lipinski definition) is 3. The van der Waals surface area contributed by atoms with Crippen LogP contribution in [-0.4, -0.2) is 23.3 Å². The van der Waals surface area contributed by atoms with Crippen LogP contribution in [0.1, 0.15) is 20.3 Å². The van der Waals surface area contributed by atoms with E-state index >= 15 is 0 Å². The number of nitrogen functional groups attached to an aromatic ring is 1. The lowest BCUT2D eigenvalue weighted by Gasteiger charge is -2.13. The van der Waals surface area contributed by atoms with Gasteiger partial charge in [0.05, 0.1) is 0 Å². The SMILES string of the molecule is CC(C)CCNc1ncnc(Nc2ccc3c(c2)OCO3)c1N. The normalized spacial score (nSPS) is 12.5. The van der Waals surface area contributed by atoms with Gasteiger partial charge in [0.25, 0.3) is 0 Å². The van der Waals surface area contributed by atoms with E-state index in [0.29, 0.717) is 29.0 Å². The quantitative estimate of drug-likeness (QED) is 0.754. The lowest BCUT2D eigenvalue weighted by Crippen LogP contribution is -2.10. The molecular weight excluding hydrogens is 294 g/mol. The summed E-state index contributed by atoms with van der Waals surface area (Å²) < 4.78 is 10.7. The number of rotatable bonds is 6. The van der Waals surface area contributed by atoms with Crippen molar-refractivity contribution in [3.8, 4) is 11.5 Å². The van der Waals surface area contributed by atoms with Crippen LogP contribution in [0.4, 0.5) is 23.0 Å². The first-order chi connectivity index (χ1) is 11.1. The van der Waals surface area contributed by atoms with Gasteiger partial charge >= 0.3 is 0 Å². The predicted molar refractivity (Wildman–Crippen MR) is 90.2 cm³/mol. The molecule has 0 fully saturated rings. The van der Waals surface area contributed by atoms with Crippen molar-refractivity contribution in [2.75, 3.05) is 29.7 Å². The van der Waals surface area contributed by atoms with Crippen LogP contribution in [0, 0.1) is 5.92 Å². The number of hydrogen-bond acceptors (Lipinski definition) is 7. The molecule has 4 N–H and O–H groups in total. The molecule has 7 nitrogen and oxygen atoms in total. The molecule has 7 heteroatoms. The average Bonchev–Trinajstić information content (AvgIpc) is 2.98. The van der Waals surface area contributed by atoms with Gasteiger partial charge in [-0.05, 0) is 24.5 Å². The van der Waals surface area contributed by atoms with Gasteiger partial charge in [0, 0.05) is 18.3 Å². The van der Waals surface area contributed by atoms with Crippen LogP contribution in [0.25, 0.3) is 0 Å². The van der Waals surface area contributed by atoms with Gasteiger partial charge in [0.2, 0.25) is 6.79 Å². The molecule has 3 rings (SSSR count). The third-order valence-corrected chi connectivity index (χ3v) is 3.53. The van der Waals surface area contributed by atoms with Gasteiger partial charge in [0.15, 0.2) is 23.1 Å². The molecule has 1 aliphatic rings. The van der Waals surface area contributed by atoms with Crippen molar-refractivity contribution in [2.45, 2.75) is 20.3 Å². The molecule has 0 unspecified atom stereocenters. The molecule has 1 aliphatic heterocycles. The maximum absolute atomic E-state index is 6.15. The van der Waals surface area contributed by atoms with Crippen molar-refractivity contribution in [2.24, 2.45) is 5.92 Å². The molecule has 0 atom stereocenters. The van der Waals surface area contributed by atoms with E-state index in [-0.39, 0.29) is 6.79 Å². The van der Waals surface area contributed by atoms with Crippen LogP contribution in [0.3, 0.4) is 0 Å². The third kappa shape index (κ3) is 3.56.